The molecule has 18 heavy (non-hydrogen) atoms. The van der Waals surface area contributed by atoms with Gasteiger partial charge in [0.1, 0.15) is 0 Å². The predicted octanol–water partition coefficient (Wildman–Crippen LogP) is 1.11. The monoisotopic (exact) mass is 364 g/mol. The quantitative estimate of drug-likeness (QED) is 0.790. The summed E-state index contributed by atoms with van der Waals surface area (Å²) in [5, 5.41) is 9.01. The first-order valence-corrected chi connectivity index (χ1v) is 7.07. The van der Waals surface area contributed by atoms with Gasteiger partial charge in [0, 0.05) is 18.8 Å². The van der Waals surface area contributed by atoms with Gasteiger partial charge in [0.15, 0.2) is 0 Å². The number of aliphatic hydroxyl groups excluding tert-OH is 1. The van der Waals surface area contributed by atoms with Crippen molar-refractivity contribution in [1.82, 2.24) is 9.55 Å². The van der Waals surface area contributed by atoms with Crippen molar-refractivity contribution in [1.29, 1.82) is 0 Å². The van der Waals surface area contributed by atoms with Crippen LogP contribution < -0.4 is 11.2 Å². The van der Waals surface area contributed by atoms with Gasteiger partial charge >= 0.3 is 5.69 Å². The van der Waals surface area contributed by atoms with E-state index in [1.165, 1.54) is 0 Å². The van der Waals surface area contributed by atoms with E-state index in [0.717, 1.165) is 12.8 Å². The van der Waals surface area contributed by atoms with Gasteiger partial charge in [0.05, 0.1) is 3.57 Å². The molecular weight excluding hydrogens is 347 g/mol. The van der Waals surface area contributed by atoms with Crippen LogP contribution in [0.1, 0.15) is 32.7 Å². The Morgan fingerprint density at radius 3 is 2.78 bits per heavy atom. The summed E-state index contributed by atoms with van der Waals surface area (Å²) in [6.45, 7) is 4.39. The summed E-state index contributed by atoms with van der Waals surface area (Å²) in [4.78, 5) is 25.5. The average molecular weight is 364 g/mol. The summed E-state index contributed by atoms with van der Waals surface area (Å²) >= 11 is 1.93. The lowest BCUT2D eigenvalue weighted by molar-refractivity contribution is -0.0260. The molecule has 1 aromatic rings. The molecule has 1 fully saturated rings. The summed E-state index contributed by atoms with van der Waals surface area (Å²) in [5.74, 6) is 0.420. The molecule has 0 radical (unpaired) electrons. The maximum Gasteiger partial charge on any atom is 0.328 e. The van der Waals surface area contributed by atoms with Crippen LogP contribution in [0.2, 0.25) is 0 Å². The number of aliphatic hydroxyl groups is 1. The topological polar surface area (TPSA) is 75.1 Å². The molecule has 2 N–H and O–H groups in total. The van der Waals surface area contributed by atoms with Crippen molar-refractivity contribution in [3.63, 3.8) is 0 Å². The third kappa shape index (κ3) is 2.16. The molecule has 6 heteroatoms. The molecule has 2 unspecified atom stereocenters. The van der Waals surface area contributed by atoms with Crippen LogP contribution >= 0.6 is 22.6 Å². The number of aromatic nitrogens is 2. The van der Waals surface area contributed by atoms with Crippen LogP contribution in [0.25, 0.3) is 0 Å². The van der Waals surface area contributed by atoms with Crippen LogP contribution in [0.15, 0.2) is 15.8 Å². The van der Waals surface area contributed by atoms with E-state index in [-0.39, 0.29) is 29.3 Å². The van der Waals surface area contributed by atoms with Crippen LogP contribution in [0, 0.1) is 14.9 Å². The van der Waals surface area contributed by atoms with Crippen molar-refractivity contribution in [2.75, 3.05) is 6.61 Å². The lowest BCUT2D eigenvalue weighted by Crippen LogP contribution is -2.50. The van der Waals surface area contributed by atoms with E-state index >= 15 is 0 Å². The Morgan fingerprint density at radius 1 is 1.56 bits per heavy atom. The Balaban J connectivity index is 2.33. The van der Waals surface area contributed by atoms with Crippen LogP contribution in [0.5, 0.6) is 0 Å². The summed E-state index contributed by atoms with van der Waals surface area (Å²) in [6, 6.07) is 0.0897. The van der Waals surface area contributed by atoms with Crippen molar-refractivity contribution < 1.29 is 5.11 Å². The van der Waals surface area contributed by atoms with Gasteiger partial charge in [0.25, 0.3) is 5.56 Å². The van der Waals surface area contributed by atoms with E-state index in [9.17, 15) is 9.59 Å². The third-order valence-electron chi connectivity index (χ3n) is 4.16. The maximum atomic E-state index is 11.8. The predicted molar refractivity (Wildman–Crippen MR) is 76.7 cm³/mol. The highest BCUT2D eigenvalue weighted by Gasteiger charge is 2.48. The van der Waals surface area contributed by atoms with E-state index in [2.05, 4.69) is 18.8 Å². The molecule has 5 nitrogen and oxygen atoms in total. The van der Waals surface area contributed by atoms with Crippen molar-refractivity contribution in [3.8, 4) is 0 Å². The van der Waals surface area contributed by atoms with Gasteiger partial charge in [-0.3, -0.25) is 14.3 Å². The van der Waals surface area contributed by atoms with Crippen LogP contribution in [-0.2, 0) is 0 Å². The molecular formula is C12H17IN2O3. The van der Waals surface area contributed by atoms with Crippen LogP contribution in [-0.4, -0.2) is 21.3 Å². The van der Waals surface area contributed by atoms with E-state index < -0.39 is 0 Å². The van der Waals surface area contributed by atoms with E-state index in [0.29, 0.717) is 9.49 Å². The second kappa shape index (κ2) is 4.80. The Kier molecular flexibility index (Phi) is 3.68. The molecule has 0 aliphatic heterocycles. The van der Waals surface area contributed by atoms with Crippen LogP contribution in [0.4, 0.5) is 0 Å². The number of aromatic amines is 1. The fourth-order valence-corrected chi connectivity index (χ4v) is 3.23. The molecule has 100 valence electrons. The number of hydrogen-bond acceptors (Lipinski definition) is 3. The number of hydrogen-bond donors (Lipinski definition) is 2. The molecule has 0 saturated heterocycles. The minimum absolute atomic E-state index is 0.0339. The van der Waals surface area contributed by atoms with E-state index in [1.54, 1.807) is 10.8 Å². The highest BCUT2D eigenvalue weighted by atomic mass is 127. The Hall–Kier alpha value is -0.630. The molecule has 2 atom stereocenters. The average Bonchev–Trinajstić information content (AvgIpc) is 2.30. The van der Waals surface area contributed by atoms with Gasteiger partial charge in [0.2, 0.25) is 0 Å². The van der Waals surface area contributed by atoms with E-state index in [4.69, 9.17) is 5.11 Å². The number of nitrogens with zero attached hydrogens (tertiary/aromatic N) is 1. The lowest BCUT2D eigenvalue weighted by atomic mass is 9.57. The zero-order valence-electron chi connectivity index (χ0n) is 10.4. The largest absolute Gasteiger partial charge is 0.396 e. The SMILES string of the molecule is CC1(C)C(CCO)CC1n1cc(I)c(=O)[nH]c1=O. The second-order valence-electron chi connectivity index (χ2n) is 5.43. The molecule has 2 rings (SSSR count). The van der Waals surface area contributed by atoms with Gasteiger partial charge < -0.3 is 5.11 Å². The first-order valence-electron chi connectivity index (χ1n) is 5.99. The van der Waals surface area contributed by atoms with Crippen molar-refractivity contribution >= 4 is 22.6 Å². The Morgan fingerprint density at radius 2 is 2.22 bits per heavy atom. The molecule has 1 saturated carbocycles. The molecule has 0 amide bonds. The van der Waals surface area contributed by atoms with Crippen LogP contribution in [0.3, 0.4) is 0 Å². The second-order valence-corrected chi connectivity index (χ2v) is 6.59. The molecule has 0 aromatic carbocycles. The molecule has 1 aliphatic carbocycles. The highest BCUT2D eigenvalue weighted by Crippen LogP contribution is 2.55. The maximum absolute atomic E-state index is 11.8. The molecule has 0 bridgehead atoms. The first-order chi connectivity index (χ1) is 8.37. The Bertz CT molecular complexity index is 561. The van der Waals surface area contributed by atoms with Gasteiger partial charge in [-0.2, -0.15) is 0 Å². The number of nitrogens with one attached hydrogen (secondary N) is 1. The lowest BCUT2D eigenvalue weighted by Gasteiger charge is -2.52. The first kappa shape index (κ1) is 13.8. The highest BCUT2D eigenvalue weighted by molar-refractivity contribution is 14.1. The minimum atomic E-state index is -0.346. The van der Waals surface area contributed by atoms with Crippen molar-refractivity contribution in [2.24, 2.45) is 11.3 Å². The van der Waals surface area contributed by atoms with Gasteiger partial charge in [-0.05, 0) is 46.8 Å². The zero-order valence-corrected chi connectivity index (χ0v) is 12.6. The summed E-state index contributed by atoms with van der Waals surface area (Å²) < 4.78 is 2.14. The summed E-state index contributed by atoms with van der Waals surface area (Å²) in [7, 11) is 0. The number of H-pyrrole nitrogens is 1. The summed E-state index contributed by atoms with van der Waals surface area (Å²) in [5.41, 5.74) is -0.713. The van der Waals surface area contributed by atoms with Gasteiger partial charge in [-0.1, -0.05) is 13.8 Å². The third-order valence-corrected chi connectivity index (χ3v) is 4.92. The molecule has 0 spiro atoms. The van der Waals surface area contributed by atoms with Gasteiger partial charge in [-0.15, -0.1) is 0 Å². The van der Waals surface area contributed by atoms with Gasteiger partial charge in [-0.25, -0.2) is 4.79 Å². The number of rotatable bonds is 3. The standard InChI is InChI=1S/C12H17IN2O3/c1-12(2)7(3-4-16)5-9(12)15-6-8(13)10(17)14-11(15)18/h6-7,9,16H,3-5H2,1-2H3,(H,14,17,18). The van der Waals surface area contributed by atoms with E-state index in [1.807, 2.05) is 22.6 Å². The summed E-state index contributed by atoms with van der Waals surface area (Å²) in [6.07, 6.45) is 3.26. The zero-order chi connectivity index (χ0) is 13.5. The Labute approximate surface area is 118 Å². The normalized spacial score (nSPS) is 25.8. The van der Waals surface area contributed by atoms with Crippen molar-refractivity contribution in [3.05, 3.63) is 30.6 Å². The molecule has 1 aromatic heterocycles. The molecule has 1 aliphatic rings. The smallest absolute Gasteiger partial charge is 0.328 e. The fourth-order valence-electron chi connectivity index (χ4n) is 2.80. The van der Waals surface area contributed by atoms with Crippen molar-refractivity contribution in [2.45, 2.75) is 32.7 Å². The fraction of sp³-hybridized carbons (Fsp3) is 0.667. The minimum Gasteiger partial charge on any atom is -0.396 e. The number of halogens is 1. The molecule has 1 heterocycles.